The van der Waals surface area contributed by atoms with Crippen LogP contribution in [0.2, 0.25) is 0 Å². The van der Waals surface area contributed by atoms with E-state index in [0.29, 0.717) is 0 Å². The topological polar surface area (TPSA) is 245 Å². The molecule has 2 fully saturated rings. The lowest BCUT2D eigenvalue weighted by Crippen LogP contribution is -2.73. The molecule has 202 valence electrons. The quantitative estimate of drug-likeness (QED) is 0.121. The van der Waals surface area contributed by atoms with Crippen molar-refractivity contribution in [2.45, 2.75) is 68.0 Å². The summed E-state index contributed by atoms with van der Waals surface area (Å²) in [5, 5.41) is 83.0. The number of esters is 1. The minimum Gasteiger partial charge on any atom is -0.426 e. The van der Waals surface area contributed by atoms with Gasteiger partial charge < -0.3 is 65.1 Å². The first kappa shape index (κ1) is 28.3. The molecule has 0 aliphatic carbocycles. The van der Waals surface area contributed by atoms with E-state index in [2.05, 4.69) is 5.32 Å². The summed E-state index contributed by atoms with van der Waals surface area (Å²) in [6.07, 6.45) is -16.8. The molecule has 2 heterocycles. The van der Waals surface area contributed by atoms with Crippen LogP contribution in [0.4, 0.5) is 0 Å². The van der Waals surface area contributed by atoms with E-state index < -0.39 is 86.1 Å². The standard InChI is InChI=1S/C21H29NO14/c1-8(25)33-10-5-3-2-4-9(10)18(31)22-21(7-24)17(30)13(27)15(29)20(36-21)35-16-11(6-23)34-19(32)14(28)12(16)26/h2-5,11-17,19-20,23-24,26-30,32H,6-7H2,1H3,(H,22,31)/t11-,12-,13-,14-,15-,16-,17-,19-,20+,21-/m1/s1. The second-order valence-electron chi connectivity index (χ2n) is 8.33. The summed E-state index contributed by atoms with van der Waals surface area (Å²) in [5.74, 6) is -1.91. The highest BCUT2D eigenvalue weighted by molar-refractivity contribution is 5.98. The summed E-state index contributed by atoms with van der Waals surface area (Å²) < 4.78 is 20.8. The molecule has 15 nitrogen and oxygen atoms in total. The van der Waals surface area contributed by atoms with Crippen LogP contribution in [-0.4, -0.2) is 127 Å². The van der Waals surface area contributed by atoms with Crippen molar-refractivity contribution in [3.05, 3.63) is 29.8 Å². The van der Waals surface area contributed by atoms with E-state index in [1.807, 2.05) is 0 Å². The fraction of sp³-hybridized carbons (Fsp3) is 0.619. The molecule has 1 aromatic carbocycles. The number of benzene rings is 1. The molecule has 2 aliphatic heterocycles. The van der Waals surface area contributed by atoms with Gasteiger partial charge in [0.1, 0.15) is 48.5 Å². The number of hydrogen-bond acceptors (Lipinski definition) is 14. The maximum Gasteiger partial charge on any atom is 0.308 e. The van der Waals surface area contributed by atoms with E-state index in [9.17, 15) is 50.4 Å². The third-order valence-electron chi connectivity index (χ3n) is 5.83. The van der Waals surface area contributed by atoms with Gasteiger partial charge in [0.15, 0.2) is 18.3 Å². The van der Waals surface area contributed by atoms with Gasteiger partial charge in [0.05, 0.1) is 18.8 Å². The molecule has 0 bridgehead atoms. The molecule has 15 heteroatoms. The predicted octanol–water partition coefficient (Wildman–Crippen LogP) is -4.71. The van der Waals surface area contributed by atoms with Crippen LogP contribution in [0.5, 0.6) is 5.75 Å². The lowest BCUT2D eigenvalue weighted by molar-refractivity contribution is -0.378. The maximum atomic E-state index is 13.0. The summed E-state index contributed by atoms with van der Waals surface area (Å²) in [4.78, 5) is 24.4. The van der Waals surface area contributed by atoms with Crippen LogP contribution in [0.15, 0.2) is 24.3 Å². The highest BCUT2D eigenvalue weighted by atomic mass is 16.7. The van der Waals surface area contributed by atoms with E-state index in [0.717, 1.165) is 6.92 Å². The van der Waals surface area contributed by atoms with E-state index in [1.54, 1.807) is 0 Å². The number of carbonyl (C=O) groups is 2. The third-order valence-corrected chi connectivity index (χ3v) is 5.83. The van der Waals surface area contributed by atoms with Gasteiger partial charge in [-0.15, -0.1) is 0 Å². The molecular weight excluding hydrogens is 490 g/mol. The Bertz CT molecular complexity index is 930. The molecule has 0 aromatic heterocycles. The molecule has 0 unspecified atom stereocenters. The largest absolute Gasteiger partial charge is 0.426 e. The van der Waals surface area contributed by atoms with Crippen molar-refractivity contribution in [3.8, 4) is 5.75 Å². The van der Waals surface area contributed by atoms with Gasteiger partial charge in [0.2, 0.25) is 0 Å². The summed E-state index contributed by atoms with van der Waals surface area (Å²) >= 11 is 0. The van der Waals surface area contributed by atoms with Gasteiger partial charge in [-0.1, -0.05) is 12.1 Å². The number of carbonyl (C=O) groups excluding carboxylic acids is 2. The highest BCUT2D eigenvalue weighted by Gasteiger charge is 2.57. The summed E-state index contributed by atoms with van der Waals surface area (Å²) in [5.41, 5.74) is -2.69. The number of nitrogens with one attached hydrogen (secondary N) is 1. The Morgan fingerprint density at radius 3 is 2.28 bits per heavy atom. The van der Waals surface area contributed by atoms with Crippen molar-refractivity contribution in [2.24, 2.45) is 0 Å². The number of rotatable bonds is 7. The average molecular weight is 519 g/mol. The van der Waals surface area contributed by atoms with E-state index in [1.165, 1.54) is 24.3 Å². The molecule has 0 spiro atoms. The van der Waals surface area contributed by atoms with E-state index >= 15 is 0 Å². The van der Waals surface area contributed by atoms with Crippen LogP contribution in [0.1, 0.15) is 17.3 Å². The minimum absolute atomic E-state index is 0.157. The molecule has 0 radical (unpaired) electrons. The first-order valence-electron chi connectivity index (χ1n) is 10.8. The predicted molar refractivity (Wildman–Crippen MR) is 113 cm³/mol. The fourth-order valence-corrected chi connectivity index (χ4v) is 3.90. The molecule has 1 amide bonds. The normalized spacial score (nSPS) is 38.9. The van der Waals surface area contributed by atoms with Gasteiger partial charge in [0, 0.05) is 6.92 Å². The van der Waals surface area contributed by atoms with Gasteiger partial charge in [-0.25, -0.2) is 0 Å². The smallest absolute Gasteiger partial charge is 0.308 e. The molecule has 0 saturated carbocycles. The Hall–Kier alpha value is -2.28. The number of amides is 1. The van der Waals surface area contributed by atoms with Crippen LogP contribution >= 0.6 is 0 Å². The zero-order chi connectivity index (χ0) is 26.8. The van der Waals surface area contributed by atoms with Crippen molar-refractivity contribution in [1.82, 2.24) is 5.32 Å². The lowest BCUT2D eigenvalue weighted by atomic mass is 9.92. The third kappa shape index (κ3) is 5.51. The number of hydrogen-bond donors (Lipinski definition) is 9. The van der Waals surface area contributed by atoms with Gasteiger partial charge >= 0.3 is 5.97 Å². The van der Waals surface area contributed by atoms with Crippen molar-refractivity contribution < 1.29 is 69.4 Å². The van der Waals surface area contributed by atoms with Crippen molar-refractivity contribution in [1.29, 1.82) is 0 Å². The first-order valence-corrected chi connectivity index (χ1v) is 10.8. The fourth-order valence-electron chi connectivity index (χ4n) is 3.90. The van der Waals surface area contributed by atoms with Crippen LogP contribution in [0.3, 0.4) is 0 Å². The molecular formula is C21H29NO14. The minimum atomic E-state index is -2.49. The van der Waals surface area contributed by atoms with Crippen LogP contribution in [-0.2, 0) is 19.0 Å². The Morgan fingerprint density at radius 1 is 1.00 bits per heavy atom. The molecule has 2 aliphatic rings. The zero-order valence-electron chi connectivity index (χ0n) is 18.9. The van der Waals surface area contributed by atoms with Crippen molar-refractivity contribution in [3.63, 3.8) is 0 Å². The van der Waals surface area contributed by atoms with E-state index in [4.69, 9.17) is 18.9 Å². The van der Waals surface area contributed by atoms with Crippen LogP contribution < -0.4 is 10.1 Å². The SMILES string of the molecule is CC(=O)Oc1ccccc1C(=O)N[C@]1(CO)O[C@H](O[C@H]2[C@H](O)[C@@H](O)[C@H](O)O[C@@H]2CO)[C@H](O)[C@@H](O)[C@H]1O. The Morgan fingerprint density at radius 2 is 1.67 bits per heavy atom. The van der Waals surface area contributed by atoms with Gasteiger partial charge in [0.25, 0.3) is 5.91 Å². The summed E-state index contributed by atoms with van der Waals surface area (Å²) in [7, 11) is 0. The average Bonchev–Trinajstić information content (AvgIpc) is 2.85. The Balaban J connectivity index is 1.88. The number of para-hydroxylation sites is 1. The zero-order valence-corrected chi connectivity index (χ0v) is 18.9. The van der Waals surface area contributed by atoms with Crippen LogP contribution in [0, 0.1) is 0 Å². The number of ether oxygens (including phenoxy) is 4. The van der Waals surface area contributed by atoms with Crippen molar-refractivity contribution in [2.75, 3.05) is 13.2 Å². The molecule has 10 atom stereocenters. The second-order valence-corrected chi connectivity index (χ2v) is 8.33. The maximum absolute atomic E-state index is 13.0. The summed E-state index contributed by atoms with van der Waals surface area (Å²) in [6, 6.07) is 5.49. The molecule has 2 saturated heterocycles. The van der Waals surface area contributed by atoms with Crippen LogP contribution in [0.25, 0.3) is 0 Å². The van der Waals surface area contributed by atoms with Crippen molar-refractivity contribution >= 4 is 11.9 Å². The first-order chi connectivity index (χ1) is 17.0. The Labute approximate surface area is 204 Å². The van der Waals surface area contributed by atoms with Gasteiger partial charge in [-0.05, 0) is 12.1 Å². The molecule has 1 aromatic rings. The highest BCUT2D eigenvalue weighted by Crippen LogP contribution is 2.33. The number of aliphatic hydroxyl groups excluding tert-OH is 8. The van der Waals surface area contributed by atoms with Gasteiger partial charge in [-0.2, -0.15) is 0 Å². The van der Waals surface area contributed by atoms with Gasteiger partial charge in [-0.3, -0.25) is 9.59 Å². The second kappa shape index (κ2) is 11.4. The van der Waals surface area contributed by atoms with E-state index in [-0.39, 0.29) is 11.3 Å². The molecule has 9 N–H and O–H groups in total. The lowest BCUT2D eigenvalue weighted by Gasteiger charge is -2.49. The monoisotopic (exact) mass is 519 g/mol. The Kier molecular flexibility index (Phi) is 8.97. The molecule has 36 heavy (non-hydrogen) atoms. The molecule has 3 rings (SSSR count). The number of aliphatic hydroxyl groups is 8. The summed E-state index contributed by atoms with van der Waals surface area (Å²) in [6.45, 7) is -0.862.